The third-order valence-corrected chi connectivity index (χ3v) is 5.49. The third-order valence-electron chi connectivity index (χ3n) is 4.40. The van der Waals surface area contributed by atoms with Gasteiger partial charge in [0.05, 0.1) is 4.90 Å². The fourth-order valence-electron chi connectivity index (χ4n) is 2.79. The molecule has 1 aliphatic rings. The Hall–Kier alpha value is -1.56. The molecule has 1 amide bonds. The lowest BCUT2D eigenvalue weighted by Gasteiger charge is -2.20. The van der Waals surface area contributed by atoms with Crippen molar-refractivity contribution in [1.82, 2.24) is 5.32 Å². The van der Waals surface area contributed by atoms with Crippen LogP contribution in [0.1, 0.15) is 37.0 Å². The van der Waals surface area contributed by atoms with Crippen LogP contribution in [0.5, 0.6) is 0 Å². The van der Waals surface area contributed by atoms with Gasteiger partial charge in [0.25, 0.3) is 5.91 Å². The molecular formula is C15H22N2O3S. The van der Waals surface area contributed by atoms with Crippen LogP contribution in [0.15, 0.2) is 23.1 Å². The monoisotopic (exact) mass is 310 g/mol. The summed E-state index contributed by atoms with van der Waals surface area (Å²) in [5.41, 5.74) is 6.27. The maximum absolute atomic E-state index is 12.3. The zero-order chi connectivity index (χ0) is 15.8. The summed E-state index contributed by atoms with van der Waals surface area (Å²) in [6.07, 6.45) is 3.15. The minimum absolute atomic E-state index is 0.0699. The molecule has 1 aliphatic carbocycles. The van der Waals surface area contributed by atoms with Gasteiger partial charge in [0.1, 0.15) is 0 Å². The number of rotatable bonds is 3. The molecule has 5 nitrogen and oxygen atoms in total. The molecule has 1 aromatic rings. The van der Waals surface area contributed by atoms with Gasteiger partial charge < -0.3 is 11.1 Å². The average molecular weight is 310 g/mol. The summed E-state index contributed by atoms with van der Waals surface area (Å²) in [6, 6.07) is 4.39. The van der Waals surface area contributed by atoms with E-state index in [1.54, 1.807) is 0 Å². The van der Waals surface area contributed by atoms with E-state index in [2.05, 4.69) is 19.2 Å². The smallest absolute Gasteiger partial charge is 0.251 e. The van der Waals surface area contributed by atoms with Crippen molar-refractivity contribution in [3.8, 4) is 0 Å². The lowest BCUT2D eigenvalue weighted by molar-refractivity contribution is 0.0927. The number of nitrogens with one attached hydrogen (secondary N) is 1. The molecule has 6 heteroatoms. The van der Waals surface area contributed by atoms with Crippen LogP contribution in [0.4, 0.5) is 5.69 Å². The van der Waals surface area contributed by atoms with Crippen LogP contribution in [-0.4, -0.2) is 26.6 Å². The van der Waals surface area contributed by atoms with Crippen molar-refractivity contribution in [3.63, 3.8) is 0 Å². The fourth-order valence-corrected chi connectivity index (χ4v) is 3.48. The van der Waals surface area contributed by atoms with Crippen molar-refractivity contribution in [2.45, 2.75) is 37.6 Å². The largest absolute Gasteiger partial charge is 0.399 e. The van der Waals surface area contributed by atoms with Gasteiger partial charge in [-0.2, -0.15) is 0 Å². The van der Waals surface area contributed by atoms with Crippen LogP contribution in [0.25, 0.3) is 0 Å². The molecule has 3 N–H and O–H groups in total. The first-order chi connectivity index (χ1) is 9.68. The number of sulfone groups is 1. The summed E-state index contributed by atoms with van der Waals surface area (Å²) < 4.78 is 23.2. The Labute approximate surface area is 125 Å². The number of hydrogen-bond donors (Lipinski definition) is 2. The van der Waals surface area contributed by atoms with E-state index in [0.29, 0.717) is 17.4 Å². The molecule has 0 saturated heterocycles. The quantitative estimate of drug-likeness (QED) is 0.834. The van der Waals surface area contributed by atoms with Gasteiger partial charge in [0, 0.05) is 23.5 Å². The van der Waals surface area contributed by atoms with Crippen LogP contribution in [0.3, 0.4) is 0 Å². The molecule has 0 aliphatic heterocycles. The highest BCUT2D eigenvalue weighted by Crippen LogP contribution is 2.31. The maximum Gasteiger partial charge on any atom is 0.251 e. The zero-order valence-electron chi connectivity index (χ0n) is 12.6. The number of amides is 1. The second-order valence-electron chi connectivity index (χ2n) is 6.06. The molecule has 3 atom stereocenters. The number of carbonyl (C=O) groups excluding carboxylic acids is 1. The second-order valence-corrected chi connectivity index (χ2v) is 8.07. The summed E-state index contributed by atoms with van der Waals surface area (Å²) in [4.78, 5) is 12.4. The fraction of sp³-hybridized carbons (Fsp3) is 0.533. The van der Waals surface area contributed by atoms with Gasteiger partial charge in [-0.1, -0.05) is 13.8 Å². The molecule has 1 saturated carbocycles. The first-order valence-electron chi connectivity index (χ1n) is 7.10. The van der Waals surface area contributed by atoms with E-state index in [0.717, 1.165) is 19.1 Å². The molecule has 3 unspecified atom stereocenters. The Balaban J connectivity index is 2.22. The van der Waals surface area contributed by atoms with Crippen molar-refractivity contribution >= 4 is 21.4 Å². The Morgan fingerprint density at radius 1 is 1.24 bits per heavy atom. The summed E-state index contributed by atoms with van der Waals surface area (Å²) in [5, 5.41) is 2.99. The Morgan fingerprint density at radius 2 is 1.90 bits per heavy atom. The van der Waals surface area contributed by atoms with Crippen molar-refractivity contribution < 1.29 is 13.2 Å². The maximum atomic E-state index is 12.3. The van der Waals surface area contributed by atoms with Crippen molar-refractivity contribution in [1.29, 1.82) is 0 Å². The number of anilines is 1. The van der Waals surface area contributed by atoms with E-state index in [-0.39, 0.29) is 22.5 Å². The van der Waals surface area contributed by atoms with E-state index in [1.807, 2.05) is 0 Å². The average Bonchev–Trinajstić information content (AvgIpc) is 2.69. The highest BCUT2D eigenvalue weighted by molar-refractivity contribution is 7.90. The van der Waals surface area contributed by atoms with Crippen LogP contribution in [-0.2, 0) is 9.84 Å². The molecule has 2 rings (SSSR count). The Morgan fingerprint density at radius 3 is 2.43 bits per heavy atom. The molecule has 1 aromatic carbocycles. The van der Waals surface area contributed by atoms with Crippen LogP contribution in [0, 0.1) is 11.8 Å². The number of nitrogens with two attached hydrogens (primary N) is 1. The molecule has 1 fully saturated rings. The number of carbonyl (C=O) groups is 1. The summed E-state index contributed by atoms with van der Waals surface area (Å²) in [7, 11) is -3.39. The second kappa shape index (κ2) is 5.67. The molecule has 116 valence electrons. The highest BCUT2D eigenvalue weighted by Gasteiger charge is 2.31. The number of benzene rings is 1. The topological polar surface area (TPSA) is 89.3 Å². The van der Waals surface area contributed by atoms with Crippen molar-refractivity contribution in [2.75, 3.05) is 12.0 Å². The predicted octanol–water partition coefficient (Wildman–Crippen LogP) is 1.84. The summed E-state index contributed by atoms with van der Waals surface area (Å²) in [5.74, 6) is 0.741. The van der Waals surface area contributed by atoms with Gasteiger partial charge in [-0.3, -0.25) is 4.79 Å². The molecule has 0 bridgehead atoms. The van der Waals surface area contributed by atoms with Crippen LogP contribution < -0.4 is 11.1 Å². The van der Waals surface area contributed by atoms with Crippen molar-refractivity contribution in [3.05, 3.63) is 23.8 Å². The van der Waals surface area contributed by atoms with Gasteiger partial charge >= 0.3 is 0 Å². The van der Waals surface area contributed by atoms with Gasteiger partial charge in [-0.15, -0.1) is 0 Å². The van der Waals surface area contributed by atoms with Gasteiger partial charge in [-0.25, -0.2) is 8.42 Å². The van der Waals surface area contributed by atoms with E-state index >= 15 is 0 Å². The molecule has 0 spiro atoms. The predicted molar refractivity (Wildman–Crippen MR) is 82.8 cm³/mol. The highest BCUT2D eigenvalue weighted by atomic mass is 32.2. The Bertz CT molecular complexity index is 655. The third kappa shape index (κ3) is 3.56. The number of nitrogen functional groups attached to an aromatic ring is 1. The standard InChI is InChI=1S/C15H22N2O3S/c1-9-4-5-14(10(9)2)17-15(18)11-6-12(16)8-13(7-11)21(3,19)20/h6-10,14H,4-5,16H2,1-3H3,(H,17,18). The first-order valence-corrected chi connectivity index (χ1v) is 8.99. The normalized spacial score (nSPS) is 25.8. The lowest BCUT2D eigenvalue weighted by Crippen LogP contribution is -2.37. The van der Waals surface area contributed by atoms with Crippen LogP contribution >= 0.6 is 0 Å². The van der Waals surface area contributed by atoms with Gasteiger partial charge in [0.15, 0.2) is 9.84 Å². The van der Waals surface area contributed by atoms with E-state index in [9.17, 15) is 13.2 Å². The van der Waals surface area contributed by atoms with E-state index in [4.69, 9.17) is 5.73 Å². The molecule has 0 radical (unpaired) electrons. The number of hydrogen-bond acceptors (Lipinski definition) is 4. The van der Waals surface area contributed by atoms with Crippen molar-refractivity contribution in [2.24, 2.45) is 11.8 Å². The Kier molecular flexibility index (Phi) is 4.27. The summed E-state index contributed by atoms with van der Waals surface area (Å²) in [6.45, 7) is 4.31. The van der Waals surface area contributed by atoms with E-state index < -0.39 is 9.84 Å². The SMILES string of the molecule is CC1CCC(NC(=O)c2cc(N)cc(S(C)(=O)=O)c2)C1C. The van der Waals surface area contributed by atoms with Crippen LogP contribution in [0.2, 0.25) is 0 Å². The molecule has 21 heavy (non-hydrogen) atoms. The minimum Gasteiger partial charge on any atom is -0.399 e. The molecular weight excluding hydrogens is 288 g/mol. The zero-order valence-corrected chi connectivity index (χ0v) is 13.4. The molecule has 0 aromatic heterocycles. The molecule has 0 heterocycles. The van der Waals surface area contributed by atoms with Gasteiger partial charge in [0.2, 0.25) is 0 Å². The van der Waals surface area contributed by atoms with E-state index in [1.165, 1.54) is 18.2 Å². The minimum atomic E-state index is -3.39. The lowest BCUT2D eigenvalue weighted by atomic mass is 9.97. The van der Waals surface area contributed by atoms with Gasteiger partial charge in [-0.05, 0) is 42.9 Å². The first kappa shape index (κ1) is 15.8. The summed E-state index contributed by atoms with van der Waals surface area (Å²) >= 11 is 0.